The Morgan fingerprint density at radius 1 is 0.947 bits per heavy atom. The molecule has 0 aliphatic carbocycles. The van der Waals surface area contributed by atoms with Crippen LogP contribution in [0.1, 0.15) is 16.1 Å². The maximum Gasteiger partial charge on any atom is 0.211 e. The summed E-state index contributed by atoms with van der Waals surface area (Å²) in [5, 5.41) is 2.07. The normalized spacial score (nSPS) is 10.6. The SMILES string of the molecule is O=C(c1ccc2ccccc2c1)c1ccc(F)cn1. The number of nitrogens with zero attached hydrogens (tertiary/aromatic N) is 1. The molecule has 3 aromatic rings. The van der Waals surface area contributed by atoms with Crippen LogP contribution in [0.15, 0.2) is 60.8 Å². The number of rotatable bonds is 2. The van der Waals surface area contributed by atoms with Crippen LogP contribution in [-0.2, 0) is 0 Å². The minimum atomic E-state index is -0.449. The van der Waals surface area contributed by atoms with E-state index in [1.54, 1.807) is 6.07 Å². The van der Waals surface area contributed by atoms with Crippen molar-refractivity contribution in [2.24, 2.45) is 0 Å². The first kappa shape index (κ1) is 11.5. The van der Waals surface area contributed by atoms with Gasteiger partial charge in [-0.25, -0.2) is 9.37 Å². The third kappa shape index (κ3) is 2.22. The Bertz CT molecular complexity index is 750. The van der Waals surface area contributed by atoms with Crippen LogP contribution in [0.4, 0.5) is 4.39 Å². The highest BCUT2D eigenvalue weighted by atomic mass is 19.1. The van der Waals surface area contributed by atoms with Gasteiger partial charge in [0.15, 0.2) is 0 Å². The van der Waals surface area contributed by atoms with Gasteiger partial charge in [0.2, 0.25) is 5.78 Å². The average Bonchev–Trinajstić information content (AvgIpc) is 2.47. The smallest absolute Gasteiger partial charge is 0.211 e. The lowest BCUT2D eigenvalue weighted by molar-refractivity contribution is 0.103. The zero-order chi connectivity index (χ0) is 13.2. The lowest BCUT2D eigenvalue weighted by Gasteiger charge is -2.03. The fraction of sp³-hybridized carbons (Fsp3) is 0. The highest BCUT2D eigenvalue weighted by molar-refractivity contribution is 6.09. The number of aromatic nitrogens is 1. The van der Waals surface area contributed by atoms with Gasteiger partial charge in [0, 0.05) is 5.56 Å². The van der Waals surface area contributed by atoms with E-state index >= 15 is 0 Å². The molecule has 0 saturated carbocycles. The molecule has 0 saturated heterocycles. The molecular weight excluding hydrogens is 241 g/mol. The van der Waals surface area contributed by atoms with E-state index in [1.807, 2.05) is 36.4 Å². The zero-order valence-corrected chi connectivity index (χ0v) is 10.0. The van der Waals surface area contributed by atoms with E-state index in [-0.39, 0.29) is 11.5 Å². The molecule has 0 bridgehead atoms. The lowest BCUT2D eigenvalue weighted by Crippen LogP contribution is -2.03. The predicted molar refractivity (Wildman–Crippen MR) is 71.6 cm³/mol. The molecular formula is C16H10FNO. The van der Waals surface area contributed by atoms with Crippen molar-refractivity contribution in [3.05, 3.63) is 77.9 Å². The quantitative estimate of drug-likeness (QED) is 0.651. The second kappa shape index (κ2) is 4.61. The summed E-state index contributed by atoms with van der Waals surface area (Å²) in [6.45, 7) is 0. The number of ketones is 1. The van der Waals surface area contributed by atoms with E-state index in [0.29, 0.717) is 5.56 Å². The van der Waals surface area contributed by atoms with E-state index in [9.17, 15) is 9.18 Å². The monoisotopic (exact) mass is 251 g/mol. The predicted octanol–water partition coefficient (Wildman–Crippen LogP) is 3.60. The maximum atomic E-state index is 12.8. The maximum absolute atomic E-state index is 12.8. The highest BCUT2D eigenvalue weighted by Crippen LogP contribution is 2.17. The number of carbonyl (C=O) groups excluding carboxylic acids is 1. The van der Waals surface area contributed by atoms with Crippen molar-refractivity contribution in [2.75, 3.05) is 0 Å². The van der Waals surface area contributed by atoms with Crippen molar-refractivity contribution in [3.63, 3.8) is 0 Å². The fourth-order valence-corrected chi connectivity index (χ4v) is 1.99. The number of carbonyl (C=O) groups is 1. The number of hydrogen-bond donors (Lipinski definition) is 0. The second-order valence-electron chi connectivity index (χ2n) is 4.25. The van der Waals surface area contributed by atoms with Crippen LogP contribution in [0.5, 0.6) is 0 Å². The number of halogens is 1. The Morgan fingerprint density at radius 3 is 2.47 bits per heavy atom. The second-order valence-corrected chi connectivity index (χ2v) is 4.25. The van der Waals surface area contributed by atoms with Crippen LogP contribution in [0.2, 0.25) is 0 Å². The molecule has 1 heterocycles. The van der Waals surface area contributed by atoms with Crippen molar-refractivity contribution in [1.29, 1.82) is 0 Å². The molecule has 92 valence electrons. The molecule has 0 aliphatic heterocycles. The fourth-order valence-electron chi connectivity index (χ4n) is 1.99. The van der Waals surface area contributed by atoms with Gasteiger partial charge in [0.05, 0.1) is 6.20 Å². The first-order valence-electron chi connectivity index (χ1n) is 5.89. The third-order valence-corrected chi connectivity index (χ3v) is 2.97. The molecule has 0 aliphatic rings. The molecule has 19 heavy (non-hydrogen) atoms. The molecule has 0 N–H and O–H groups in total. The van der Waals surface area contributed by atoms with Crippen LogP contribution in [0.25, 0.3) is 10.8 Å². The number of hydrogen-bond acceptors (Lipinski definition) is 2. The highest BCUT2D eigenvalue weighted by Gasteiger charge is 2.10. The Kier molecular flexibility index (Phi) is 2.80. The summed E-state index contributed by atoms with van der Waals surface area (Å²) in [4.78, 5) is 16.0. The Hall–Kier alpha value is -2.55. The van der Waals surface area contributed by atoms with Crippen LogP contribution in [-0.4, -0.2) is 10.8 Å². The van der Waals surface area contributed by atoms with Gasteiger partial charge in [-0.3, -0.25) is 4.79 Å². The minimum absolute atomic E-state index is 0.203. The summed E-state index contributed by atoms with van der Waals surface area (Å²) in [5.41, 5.74) is 0.800. The van der Waals surface area contributed by atoms with Crippen molar-refractivity contribution >= 4 is 16.6 Å². The van der Waals surface area contributed by atoms with Crippen LogP contribution >= 0.6 is 0 Å². The standard InChI is InChI=1S/C16H10FNO/c17-14-7-8-15(18-10-14)16(19)13-6-5-11-3-1-2-4-12(11)9-13/h1-10H. The van der Waals surface area contributed by atoms with Gasteiger partial charge < -0.3 is 0 Å². The van der Waals surface area contributed by atoms with Crippen molar-refractivity contribution < 1.29 is 9.18 Å². The van der Waals surface area contributed by atoms with E-state index in [1.165, 1.54) is 12.1 Å². The van der Waals surface area contributed by atoms with Crippen molar-refractivity contribution in [1.82, 2.24) is 4.98 Å². The Labute approximate surface area is 109 Å². The number of pyridine rings is 1. The largest absolute Gasteiger partial charge is 0.287 e. The molecule has 0 radical (unpaired) electrons. The number of benzene rings is 2. The third-order valence-electron chi connectivity index (χ3n) is 2.97. The minimum Gasteiger partial charge on any atom is -0.287 e. The van der Waals surface area contributed by atoms with Crippen LogP contribution in [0.3, 0.4) is 0 Å². The molecule has 2 nitrogen and oxygen atoms in total. The first-order valence-corrected chi connectivity index (χ1v) is 5.89. The molecule has 3 heteroatoms. The molecule has 0 amide bonds. The topological polar surface area (TPSA) is 30.0 Å². The summed E-state index contributed by atoms with van der Waals surface area (Å²) in [5.74, 6) is -0.652. The summed E-state index contributed by atoms with van der Waals surface area (Å²) in [6.07, 6.45) is 1.05. The van der Waals surface area contributed by atoms with Crippen molar-refractivity contribution in [3.8, 4) is 0 Å². The molecule has 0 atom stereocenters. The molecule has 2 aromatic carbocycles. The summed E-state index contributed by atoms with van der Waals surface area (Å²) < 4.78 is 12.8. The van der Waals surface area contributed by atoms with E-state index in [0.717, 1.165) is 17.0 Å². The van der Waals surface area contributed by atoms with Crippen LogP contribution in [0, 0.1) is 5.82 Å². The molecule has 3 rings (SSSR count). The first-order chi connectivity index (χ1) is 9.24. The Balaban J connectivity index is 2.04. The van der Waals surface area contributed by atoms with Gasteiger partial charge in [0.1, 0.15) is 11.5 Å². The molecule has 1 aromatic heterocycles. The summed E-state index contributed by atoms with van der Waals surface area (Å²) >= 11 is 0. The van der Waals surface area contributed by atoms with Gasteiger partial charge in [-0.05, 0) is 29.0 Å². The van der Waals surface area contributed by atoms with Gasteiger partial charge in [-0.15, -0.1) is 0 Å². The average molecular weight is 251 g/mol. The molecule has 0 unspecified atom stereocenters. The summed E-state index contributed by atoms with van der Waals surface area (Å²) in [7, 11) is 0. The van der Waals surface area contributed by atoms with E-state index in [2.05, 4.69) is 4.98 Å². The summed E-state index contributed by atoms with van der Waals surface area (Å²) in [6, 6.07) is 15.9. The zero-order valence-electron chi connectivity index (χ0n) is 10.0. The van der Waals surface area contributed by atoms with Gasteiger partial charge in [0.25, 0.3) is 0 Å². The molecule has 0 spiro atoms. The van der Waals surface area contributed by atoms with Gasteiger partial charge in [-0.2, -0.15) is 0 Å². The van der Waals surface area contributed by atoms with Gasteiger partial charge in [-0.1, -0.05) is 36.4 Å². The lowest BCUT2D eigenvalue weighted by atomic mass is 10.0. The van der Waals surface area contributed by atoms with Crippen molar-refractivity contribution in [2.45, 2.75) is 0 Å². The van der Waals surface area contributed by atoms with Crippen LogP contribution < -0.4 is 0 Å². The van der Waals surface area contributed by atoms with E-state index in [4.69, 9.17) is 0 Å². The Morgan fingerprint density at radius 2 is 1.74 bits per heavy atom. The number of fused-ring (bicyclic) bond motifs is 1. The molecule has 0 fully saturated rings. The van der Waals surface area contributed by atoms with Gasteiger partial charge >= 0.3 is 0 Å². The van der Waals surface area contributed by atoms with E-state index < -0.39 is 5.82 Å².